The van der Waals surface area contributed by atoms with Gasteiger partial charge in [-0.05, 0) is 6.07 Å². The lowest BCUT2D eigenvalue weighted by molar-refractivity contribution is -0.384. The summed E-state index contributed by atoms with van der Waals surface area (Å²) in [6.45, 7) is 4.07. The predicted molar refractivity (Wildman–Crippen MR) is 117 cm³/mol. The van der Waals surface area contributed by atoms with Crippen LogP contribution in [0.3, 0.4) is 0 Å². The number of carbonyl (C=O) groups is 1. The number of hydrogen-bond donors (Lipinski definition) is 0. The summed E-state index contributed by atoms with van der Waals surface area (Å²) in [6, 6.07) is 13.7. The fraction of sp³-hybridized carbons (Fsp3) is 0.0952. The van der Waals surface area contributed by atoms with Crippen molar-refractivity contribution in [3.63, 3.8) is 0 Å². The molecule has 0 saturated heterocycles. The van der Waals surface area contributed by atoms with Crippen molar-refractivity contribution >= 4 is 34.3 Å². The van der Waals surface area contributed by atoms with Crippen LogP contribution in [0.25, 0.3) is 11.3 Å². The van der Waals surface area contributed by atoms with Gasteiger partial charge in [-0.2, -0.15) is 5.10 Å². The molecule has 0 atom stereocenters. The van der Waals surface area contributed by atoms with Crippen LogP contribution in [0.1, 0.15) is 5.56 Å². The van der Waals surface area contributed by atoms with E-state index in [0.29, 0.717) is 28.3 Å². The number of para-hydroxylation sites is 1. The Bertz CT molecular complexity index is 1270. The first-order valence-corrected chi connectivity index (χ1v) is 9.92. The van der Waals surface area contributed by atoms with E-state index in [0.717, 1.165) is 11.3 Å². The quantitative estimate of drug-likeness (QED) is 0.360. The molecule has 1 aliphatic heterocycles. The number of hydrogen-bond acceptors (Lipinski definition) is 6. The number of likely N-dealkylation sites (N-methyl/N-ethyl adjacent to an activating group) is 1. The average molecular weight is 419 g/mol. The first-order chi connectivity index (χ1) is 14.5. The second-order valence-corrected chi connectivity index (χ2v) is 7.32. The van der Waals surface area contributed by atoms with E-state index in [-0.39, 0.29) is 11.6 Å². The average Bonchev–Trinajstić information content (AvgIpc) is 3.27. The fourth-order valence-electron chi connectivity index (χ4n) is 3.17. The lowest BCUT2D eigenvalue weighted by Gasteiger charge is -2.07. The molecule has 8 nitrogen and oxygen atoms in total. The van der Waals surface area contributed by atoms with Crippen molar-refractivity contribution < 1.29 is 9.72 Å². The number of rotatable bonds is 5. The molecule has 2 aromatic carbocycles. The van der Waals surface area contributed by atoms with Crippen LogP contribution in [0.2, 0.25) is 0 Å². The van der Waals surface area contributed by atoms with Crippen molar-refractivity contribution in [1.29, 1.82) is 0 Å². The molecule has 0 unspecified atom stereocenters. The molecule has 1 aromatic heterocycles. The number of thiazole rings is 1. The SMILES string of the molecule is C=CCN=c1scc(-c2cccc([N+](=O)[O-])c2)n1N=C1C(=O)N(C)c2ccccc21. The smallest absolute Gasteiger partial charge is 0.279 e. The number of nitro benzene ring substituents is 1. The third kappa shape index (κ3) is 3.35. The van der Waals surface area contributed by atoms with E-state index in [1.807, 2.05) is 29.6 Å². The van der Waals surface area contributed by atoms with Gasteiger partial charge in [0.15, 0.2) is 5.71 Å². The maximum atomic E-state index is 12.9. The number of fused-ring (bicyclic) bond motifs is 1. The Morgan fingerprint density at radius 2 is 2.03 bits per heavy atom. The van der Waals surface area contributed by atoms with Crippen molar-refractivity contribution in [2.45, 2.75) is 0 Å². The molecule has 0 spiro atoms. The van der Waals surface area contributed by atoms with Crippen LogP contribution in [0.4, 0.5) is 11.4 Å². The van der Waals surface area contributed by atoms with Gasteiger partial charge in [0.2, 0.25) is 4.80 Å². The molecule has 2 heterocycles. The van der Waals surface area contributed by atoms with Crippen LogP contribution in [-0.4, -0.2) is 34.8 Å². The van der Waals surface area contributed by atoms with Crippen LogP contribution in [-0.2, 0) is 4.79 Å². The van der Waals surface area contributed by atoms with E-state index >= 15 is 0 Å². The predicted octanol–water partition coefficient (Wildman–Crippen LogP) is 3.44. The first-order valence-electron chi connectivity index (χ1n) is 9.04. The lowest BCUT2D eigenvalue weighted by atomic mass is 10.1. The number of non-ortho nitro benzene ring substituents is 1. The molecule has 4 rings (SSSR count). The molecular formula is C21H17N5O3S. The van der Waals surface area contributed by atoms with Gasteiger partial charge in [-0.1, -0.05) is 36.4 Å². The molecule has 1 amide bonds. The largest absolute Gasteiger partial charge is 0.309 e. The Labute approximate surface area is 175 Å². The van der Waals surface area contributed by atoms with Gasteiger partial charge in [0.1, 0.15) is 0 Å². The summed E-state index contributed by atoms with van der Waals surface area (Å²) < 4.78 is 1.57. The molecule has 150 valence electrons. The van der Waals surface area contributed by atoms with Gasteiger partial charge in [-0.3, -0.25) is 19.9 Å². The number of carbonyl (C=O) groups excluding carboxylic acids is 1. The Morgan fingerprint density at radius 1 is 1.23 bits per heavy atom. The summed E-state index contributed by atoms with van der Waals surface area (Å²) in [5, 5.41) is 17.7. The summed E-state index contributed by atoms with van der Waals surface area (Å²) in [4.78, 5) is 30.2. The fourth-order valence-corrected chi connectivity index (χ4v) is 4.01. The molecule has 0 N–H and O–H groups in total. The van der Waals surface area contributed by atoms with Gasteiger partial charge in [0, 0.05) is 35.7 Å². The lowest BCUT2D eigenvalue weighted by Crippen LogP contribution is -2.27. The van der Waals surface area contributed by atoms with Gasteiger partial charge in [-0.25, -0.2) is 4.68 Å². The van der Waals surface area contributed by atoms with Gasteiger partial charge in [0.05, 0.1) is 22.8 Å². The van der Waals surface area contributed by atoms with E-state index in [9.17, 15) is 14.9 Å². The molecule has 3 aromatic rings. The third-order valence-corrected chi connectivity index (χ3v) is 5.48. The zero-order chi connectivity index (χ0) is 21.3. The Kier molecular flexibility index (Phi) is 5.11. The van der Waals surface area contributed by atoms with E-state index in [1.165, 1.54) is 23.5 Å². The molecule has 0 radical (unpaired) electrons. The molecule has 0 bridgehead atoms. The highest BCUT2D eigenvalue weighted by Crippen LogP contribution is 2.29. The van der Waals surface area contributed by atoms with Crippen molar-refractivity contribution in [2.75, 3.05) is 18.5 Å². The van der Waals surface area contributed by atoms with E-state index in [2.05, 4.69) is 16.7 Å². The minimum atomic E-state index is -0.444. The van der Waals surface area contributed by atoms with Crippen LogP contribution >= 0.6 is 11.3 Å². The Hall–Kier alpha value is -3.85. The normalized spacial score (nSPS) is 15.0. The second-order valence-electron chi connectivity index (χ2n) is 6.48. The number of anilines is 1. The molecular weight excluding hydrogens is 402 g/mol. The molecule has 0 saturated carbocycles. The van der Waals surface area contributed by atoms with Gasteiger partial charge in [0.25, 0.3) is 11.6 Å². The number of benzene rings is 2. The standard InChI is InChI=1S/C21H17N5O3S/c1-3-11-22-21-25(18(13-30-21)14-7-6-8-15(12-14)26(28)29)23-19-16-9-4-5-10-17(16)24(2)20(19)27/h3-10,12-13H,1,11H2,2H3. The van der Waals surface area contributed by atoms with Crippen LogP contribution < -0.4 is 9.70 Å². The summed E-state index contributed by atoms with van der Waals surface area (Å²) >= 11 is 1.34. The first kappa shape index (κ1) is 19.5. The molecule has 0 aliphatic carbocycles. The molecule has 30 heavy (non-hydrogen) atoms. The van der Waals surface area contributed by atoms with Gasteiger partial charge < -0.3 is 4.90 Å². The van der Waals surface area contributed by atoms with Crippen molar-refractivity contribution in [2.24, 2.45) is 10.1 Å². The summed E-state index contributed by atoms with van der Waals surface area (Å²) in [6.07, 6.45) is 1.66. The van der Waals surface area contributed by atoms with Gasteiger partial charge in [-0.15, -0.1) is 17.9 Å². The Balaban J connectivity index is 1.94. The zero-order valence-electron chi connectivity index (χ0n) is 16.1. The highest BCUT2D eigenvalue weighted by molar-refractivity contribution is 7.07. The number of aromatic nitrogens is 1. The monoisotopic (exact) mass is 419 g/mol. The van der Waals surface area contributed by atoms with E-state index < -0.39 is 4.92 Å². The second kappa shape index (κ2) is 7.88. The molecule has 0 fully saturated rings. The summed E-state index contributed by atoms with van der Waals surface area (Å²) in [5.41, 5.74) is 2.99. The summed E-state index contributed by atoms with van der Waals surface area (Å²) in [7, 11) is 1.70. The third-order valence-electron chi connectivity index (χ3n) is 4.62. The number of nitro groups is 1. The summed E-state index contributed by atoms with van der Waals surface area (Å²) in [5.74, 6) is -0.227. The van der Waals surface area contributed by atoms with E-state index in [1.54, 1.807) is 34.8 Å². The highest BCUT2D eigenvalue weighted by Gasteiger charge is 2.31. The van der Waals surface area contributed by atoms with Gasteiger partial charge >= 0.3 is 0 Å². The minimum absolute atomic E-state index is 0.0236. The van der Waals surface area contributed by atoms with Crippen LogP contribution in [0, 0.1) is 10.1 Å². The van der Waals surface area contributed by atoms with Crippen molar-refractivity contribution in [3.05, 3.63) is 87.0 Å². The zero-order valence-corrected chi connectivity index (χ0v) is 16.9. The number of nitrogens with zero attached hydrogens (tertiary/aromatic N) is 5. The highest BCUT2D eigenvalue weighted by atomic mass is 32.1. The molecule has 9 heteroatoms. The Morgan fingerprint density at radius 3 is 2.80 bits per heavy atom. The van der Waals surface area contributed by atoms with Crippen molar-refractivity contribution in [3.8, 4) is 11.3 Å². The van der Waals surface area contributed by atoms with E-state index in [4.69, 9.17) is 0 Å². The topological polar surface area (TPSA) is 93.1 Å². The maximum absolute atomic E-state index is 12.9. The van der Waals surface area contributed by atoms with Crippen LogP contribution in [0.15, 0.2) is 76.7 Å². The maximum Gasteiger partial charge on any atom is 0.279 e. The molecule has 1 aliphatic rings. The number of amides is 1. The van der Waals surface area contributed by atoms with Crippen molar-refractivity contribution in [1.82, 2.24) is 4.68 Å². The van der Waals surface area contributed by atoms with Crippen LogP contribution in [0.5, 0.6) is 0 Å². The minimum Gasteiger partial charge on any atom is -0.309 e.